The molecule has 2 rings (SSSR count). The first kappa shape index (κ1) is 19.2. The first-order valence-corrected chi connectivity index (χ1v) is 8.99. The number of nitrogens with one attached hydrogen (secondary N) is 1. The van der Waals surface area contributed by atoms with Gasteiger partial charge in [-0.2, -0.15) is 0 Å². The highest BCUT2D eigenvalue weighted by Crippen LogP contribution is 2.25. The van der Waals surface area contributed by atoms with Crippen molar-refractivity contribution in [3.8, 4) is 0 Å². The van der Waals surface area contributed by atoms with E-state index in [9.17, 15) is 9.59 Å². The fourth-order valence-electron chi connectivity index (χ4n) is 3.45. The van der Waals surface area contributed by atoms with E-state index >= 15 is 0 Å². The Labute approximate surface area is 149 Å². The van der Waals surface area contributed by atoms with E-state index in [-0.39, 0.29) is 43.3 Å². The Morgan fingerprint density at radius 3 is 2.40 bits per heavy atom. The third-order valence-electron chi connectivity index (χ3n) is 4.64. The quantitative estimate of drug-likeness (QED) is 0.828. The molecule has 6 nitrogen and oxygen atoms in total. The van der Waals surface area contributed by atoms with Crippen molar-refractivity contribution in [1.82, 2.24) is 10.2 Å². The largest absolute Gasteiger partial charge is 0.445 e. The van der Waals surface area contributed by atoms with Gasteiger partial charge in [-0.1, -0.05) is 30.3 Å². The molecule has 138 valence electrons. The van der Waals surface area contributed by atoms with Gasteiger partial charge in [-0.15, -0.1) is 0 Å². The molecule has 1 fully saturated rings. The summed E-state index contributed by atoms with van der Waals surface area (Å²) in [5.74, 6) is -0.00585. The lowest BCUT2D eigenvalue weighted by Gasteiger charge is -2.39. The van der Waals surface area contributed by atoms with Crippen molar-refractivity contribution in [3.05, 3.63) is 35.9 Å². The number of ether oxygens (including phenoxy) is 1. The molecule has 2 amide bonds. The molecule has 0 bridgehead atoms. The van der Waals surface area contributed by atoms with E-state index in [1.807, 2.05) is 49.1 Å². The normalized spacial score (nSPS) is 20.2. The molecule has 1 saturated carbocycles. The van der Waals surface area contributed by atoms with E-state index in [2.05, 4.69) is 5.32 Å². The molecule has 6 heteroatoms. The van der Waals surface area contributed by atoms with Crippen molar-refractivity contribution in [2.24, 2.45) is 5.73 Å². The van der Waals surface area contributed by atoms with Crippen LogP contribution in [0.15, 0.2) is 30.3 Å². The van der Waals surface area contributed by atoms with Gasteiger partial charge >= 0.3 is 6.09 Å². The number of nitrogens with zero attached hydrogens (tertiary/aromatic N) is 1. The minimum Gasteiger partial charge on any atom is -0.445 e. The van der Waals surface area contributed by atoms with Gasteiger partial charge in [-0.3, -0.25) is 4.79 Å². The zero-order valence-electron chi connectivity index (χ0n) is 15.1. The smallest absolute Gasteiger partial charge is 0.407 e. The Bertz CT molecular complexity index is 554. The topological polar surface area (TPSA) is 84.7 Å². The van der Waals surface area contributed by atoms with Gasteiger partial charge in [0.25, 0.3) is 0 Å². The highest BCUT2D eigenvalue weighted by molar-refractivity contribution is 5.78. The van der Waals surface area contributed by atoms with Crippen LogP contribution in [-0.4, -0.2) is 41.6 Å². The van der Waals surface area contributed by atoms with Gasteiger partial charge in [0.15, 0.2) is 0 Å². The van der Waals surface area contributed by atoms with Crippen molar-refractivity contribution in [2.75, 3.05) is 6.54 Å². The van der Waals surface area contributed by atoms with Crippen molar-refractivity contribution >= 4 is 12.0 Å². The second kappa shape index (κ2) is 9.42. The number of benzene rings is 1. The number of hydrogen-bond acceptors (Lipinski definition) is 4. The van der Waals surface area contributed by atoms with Crippen LogP contribution in [0.5, 0.6) is 0 Å². The Kier molecular flexibility index (Phi) is 7.25. The standard InChI is InChI=1S/C19H29N3O3/c1-14(2)22(18(23)12-20)17-10-8-16(9-11-17)21-19(24)25-13-15-6-4-3-5-7-15/h3-7,14,16-17H,8-13,20H2,1-2H3,(H,21,24). The van der Waals surface area contributed by atoms with Gasteiger partial charge in [-0.05, 0) is 45.1 Å². The Morgan fingerprint density at radius 2 is 1.84 bits per heavy atom. The van der Waals surface area contributed by atoms with Gasteiger partial charge in [0.2, 0.25) is 5.91 Å². The van der Waals surface area contributed by atoms with Crippen molar-refractivity contribution in [2.45, 2.75) is 64.3 Å². The Balaban J connectivity index is 1.76. The molecule has 0 aliphatic heterocycles. The molecule has 0 spiro atoms. The van der Waals surface area contributed by atoms with Crippen LogP contribution in [0.1, 0.15) is 45.1 Å². The maximum atomic E-state index is 12.0. The number of carbonyl (C=O) groups excluding carboxylic acids is 2. The Morgan fingerprint density at radius 1 is 1.20 bits per heavy atom. The van der Waals surface area contributed by atoms with Gasteiger partial charge in [0.1, 0.15) is 6.61 Å². The average molecular weight is 347 g/mol. The van der Waals surface area contributed by atoms with Crippen LogP contribution < -0.4 is 11.1 Å². The van der Waals surface area contributed by atoms with Crippen LogP contribution in [0.3, 0.4) is 0 Å². The second-order valence-electron chi connectivity index (χ2n) is 6.81. The molecule has 1 aliphatic rings. The minimum absolute atomic E-state index is 0.00585. The highest BCUT2D eigenvalue weighted by Gasteiger charge is 2.30. The van der Waals surface area contributed by atoms with Crippen molar-refractivity contribution in [1.29, 1.82) is 0 Å². The zero-order chi connectivity index (χ0) is 18.2. The number of alkyl carbamates (subject to hydrolysis) is 1. The molecule has 25 heavy (non-hydrogen) atoms. The molecule has 1 aromatic rings. The number of hydrogen-bond donors (Lipinski definition) is 2. The fourth-order valence-corrected chi connectivity index (χ4v) is 3.45. The minimum atomic E-state index is -0.383. The van der Waals surface area contributed by atoms with E-state index in [1.54, 1.807) is 0 Å². The fraction of sp³-hybridized carbons (Fsp3) is 0.579. The summed E-state index contributed by atoms with van der Waals surface area (Å²) in [6.07, 6.45) is 3.03. The molecule has 0 heterocycles. The summed E-state index contributed by atoms with van der Waals surface area (Å²) in [5, 5.41) is 2.93. The molecular formula is C19H29N3O3. The van der Waals surface area contributed by atoms with E-state index < -0.39 is 0 Å². The van der Waals surface area contributed by atoms with Crippen LogP contribution in [-0.2, 0) is 16.1 Å². The van der Waals surface area contributed by atoms with Crippen molar-refractivity contribution in [3.63, 3.8) is 0 Å². The van der Waals surface area contributed by atoms with Gasteiger partial charge in [0, 0.05) is 18.1 Å². The van der Waals surface area contributed by atoms with Crippen LogP contribution >= 0.6 is 0 Å². The number of amides is 2. The molecule has 0 unspecified atom stereocenters. The van der Waals surface area contributed by atoms with Gasteiger partial charge in [0.05, 0.1) is 6.54 Å². The first-order chi connectivity index (χ1) is 12.0. The van der Waals surface area contributed by atoms with Crippen LogP contribution in [0.4, 0.5) is 4.79 Å². The lowest BCUT2D eigenvalue weighted by Crippen LogP contribution is -2.50. The van der Waals surface area contributed by atoms with Crippen LogP contribution in [0, 0.1) is 0 Å². The number of nitrogens with two attached hydrogens (primary N) is 1. The Hall–Kier alpha value is -2.08. The van der Waals surface area contributed by atoms with E-state index in [0.29, 0.717) is 0 Å². The summed E-state index contributed by atoms with van der Waals surface area (Å²) in [7, 11) is 0. The van der Waals surface area contributed by atoms with Crippen LogP contribution in [0.25, 0.3) is 0 Å². The number of carbonyl (C=O) groups is 2. The third-order valence-corrected chi connectivity index (χ3v) is 4.64. The molecular weight excluding hydrogens is 318 g/mol. The summed E-state index contributed by atoms with van der Waals surface area (Å²) in [5.41, 5.74) is 6.49. The van der Waals surface area contributed by atoms with E-state index in [4.69, 9.17) is 10.5 Å². The van der Waals surface area contributed by atoms with E-state index in [1.165, 1.54) is 0 Å². The average Bonchev–Trinajstić information content (AvgIpc) is 2.62. The lowest BCUT2D eigenvalue weighted by molar-refractivity contribution is -0.134. The van der Waals surface area contributed by atoms with Crippen molar-refractivity contribution < 1.29 is 14.3 Å². The molecule has 3 N–H and O–H groups in total. The predicted molar refractivity (Wildman–Crippen MR) is 96.8 cm³/mol. The van der Waals surface area contributed by atoms with Gasteiger partial charge < -0.3 is 20.7 Å². The zero-order valence-corrected chi connectivity index (χ0v) is 15.1. The summed E-state index contributed by atoms with van der Waals surface area (Å²) in [6.45, 7) is 4.34. The SMILES string of the molecule is CC(C)N(C(=O)CN)C1CCC(NC(=O)OCc2ccccc2)CC1. The number of rotatable bonds is 6. The third kappa shape index (κ3) is 5.74. The second-order valence-corrected chi connectivity index (χ2v) is 6.81. The summed E-state index contributed by atoms with van der Waals surface area (Å²) >= 11 is 0. The summed E-state index contributed by atoms with van der Waals surface area (Å²) in [4.78, 5) is 25.9. The lowest BCUT2D eigenvalue weighted by atomic mass is 9.89. The highest BCUT2D eigenvalue weighted by atomic mass is 16.5. The van der Waals surface area contributed by atoms with Gasteiger partial charge in [-0.25, -0.2) is 4.79 Å². The molecule has 1 aliphatic carbocycles. The maximum absolute atomic E-state index is 12.0. The summed E-state index contributed by atoms with van der Waals surface area (Å²) in [6, 6.07) is 10.1. The van der Waals surface area contributed by atoms with E-state index in [0.717, 1.165) is 31.2 Å². The molecule has 0 radical (unpaired) electrons. The molecule has 0 saturated heterocycles. The predicted octanol–water partition coefficient (Wildman–Crippen LogP) is 2.42. The first-order valence-electron chi connectivity index (χ1n) is 8.99. The monoisotopic (exact) mass is 347 g/mol. The maximum Gasteiger partial charge on any atom is 0.407 e. The summed E-state index contributed by atoms with van der Waals surface area (Å²) < 4.78 is 5.27. The molecule has 0 atom stereocenters. The molecule has 0 aromatic heterocycles. The molecule has 1 aromatic carbocycles. The van der Waals surface area contributed by atoms with Crippen LogP contribution in [0.2, 0.25) is 0 Å².